The highest BCUT2D eigenvalue weighted by Crippen LogP contribution is 2.18. The molecule has 1 nitrogen and oxygen atoms in total. The lowest BCUT2D eigenvalue weighted by Gasteiger charge is -2.30. The number of nitrogens with one attached hydrogen (secondary N) is 1. The Hall–Kier alpha value is 0.440. The second-order valence-electron chi connectivity index (χ2n) is 10.6. The zero-order valence-electron chi connectivity index (χ0n) is 21.8. The predicted octanol–water partition coefficient (Wildman–Crippen LogP) is 5.52. The molecule has 2 heteroatoms. The first-order chi connectivity index (χ1) is 14.9. The van der Waals surface area contributed by atoms with Crippen LogP contribution in [0.5, 0.6) is 0 Å². The molecule has 0 saturated carbocycles. The molecule has 0 aliphatic carbocycles. The van der Waals surface area contributed by atoms with Gasteiger partial charge in [0.25, 0.3) is 0 Å². The Morgan fingerprint density at radius 2 is 0.968 bits per heavy atom. The summed E-state index contributed by atoms with van der Waals surface area (Å²) < 4.78 is 0. The molecule has 0 aromatic rings. The standard InChI is InChI=1S/C29H59N.BrH/c1-3-5-7-9-11-13-15-17-19-21-24-29-25-23-27-30(28-29)26-22-20-18-16-14-12-10-8-6-4-2;/h29H,3-28H2,1-2H3;1H. The number of halogens is 1. The lowest BCUT2D eigenvalue weighted by Crippen LogP contribution is -3.13. The summed E-state index contributed by atoms with van der Waals surface area (Å²) in [7, 11) is 0. The van der Waals surface area contributed by atoms with Crippen LogP contribution in [0.2, 0.25) is 0 Å². The zero-order valence-corrected chi connectivity index (χ0v) is 23.4. The van der Waals surface area contributed by atoms with Crippen LogP contribution in [0.15, 0.2) is 0 Å². The molecular weight excluding hydrogens is 442 g/mol. The van der Waals surface area contributed by atoms with Crippen molar-refractivity contribution in [3.8, 4) is 0 Å². The quantitative estimate of drug-likeness (QED) is 0.186. The maximum atomic E-state index is 2.31. The molecule has 2 atom stereocenters. The van der Waals surface area contributed by atoms with Crippen LogP contribution < -0.4 is 21.9 Å². The number of likely N-dealkylation sites (tertiary alicyclic amines) is 1. The van der Waals surface area contributed by atoms with Crippen LogP contribution in [0.1, 0.15) is 162 Å². The molecule has 1 saturated heterocycles. The van der Waals surface area contributed by atoms with Gasteiger partial charge in [0, 0.05) is 5.92 Å². The third-order valence-electron chi connectivity index (χ3n) is 7.57. The van der Waals surface area contributed by atoms with Crippen LogP contribution in [-0.4, -0.2) is 19.6 Å². The molecule has 0 spiro atoms. The minimum absolute atomic E-state index is 0. The van der Waals surface area contributed by atoms with E-state index in [1.807, 2.05) is 4.90 Å². The number of quaternary nitrogens is 1. The van der Waals surface area contributed by atoms with Gasteiger partial charge in [-0.3, -0.25) is 0 Å². The molecule has 1 aliphatic rings. The molecule has 31 heavy (non-hydrogen) atoms. The monoisotopic (exact) mass is 501 g/mol. The van der Waals surface area contributed by atoms with Crippen LogP contribution in [0.25, 0.3) is 0 Å². The van der Waals surface area contributed by atoms with E-state index in [0.29, 0.717) is 0 Å². The van der Waals surface area contributed by atoms with Crippen LogP contribution >= 0.6 is 0 Å². The van der Waals surface area contributed by atoms with Crippen LogP contribution in [0.4, 0.5) is 0 Å². The molecule has 0 bridgehead atoms. The van der Waals surface area contributed by atoms with Crippen LogP contribution in [0.3, 0.4) is 0 Å². The fraction of sp³-hybridized carbons (Fsp3) is 1.00. The average Bonchev–Trinajstić information content (AvgIpc) is 2.76. The summed E-state index contributed by atoms with van der Waals surface area (Å²) in [5.41, 5.74) is 0. The van der Waals surface area contributed by atoms with Crippen molar-refractivity contribution in [2.24, 2.45) is 5.92 Å². The summed E-state index contributed by atoms with van der Waals surface area (Å²) in [5.74, 6) is 1.05. The minimum atomic E-state index is 0. The van der Waals surface area contributed by atoms with Crippen molar-refractivity contribution in [2.75, 3.05) is 19.6 Å². The number of rotatable bonds is 22. The van der Waals surface area contributed by atoms with Gasteiger partial charge in [0.2, 0.25) is 0 Å². The van der Waals surface area contributed by atoms with E-state index in [9.17, 15) is 0 Å². The van der Waals surface area contributed by atoms with Gasteiger partial charge in [0.1, 0.15) is 0 Å². The molecule has 1 rings (SSSR count). The van der Waals surface area contributed by atoms with E-state index in [0.717, 1.165) is 5.92 Å². The lowest BCUT2D eigenvalue weighted by atomic mass is 9.92. The van der Waals surface area contributed by atoms with Gasteiger partial charge in [-0.2, -0.15) is 0 Å². The van der Waals surface area contributed by atoms with Crippen molar-refractivity contribution in [2.45, 2.75) is 162 Å². The molecule has 0 amide bonds. The van der Waals surface area contributed by atoms with Crippen molar-refractivity contribution in [1.82, 2.24) is 0 Å². The fourth-order valence-electron chi connectivity index (χ4n) is 5.51. The van der Waals surface area contributed by atoms with Crippen molar-refractivity contribution in [3.63, 3.8) is 0 Å². The Labute approximate surface area is 208 Å². The Balaban J connectivity index is 0.00000900. The molecule has 1 N–H and O–H groups in total. The van der Waals surface area contributed by atoms with E-state index < -0.39 is 0 Å². The summed E-state index contributed by atoms with van der Waals surface area (Å²) in [6.07, 6.45) is 34.0. The first kappa shape index (κ1) is 31.4. The summed E-state index contributed by atoms with van der Waals surface area (Å²) in [4.78, 5) is 1.94. The van der Waals surface area contributed by atoms with E-state index >= 15 is 0 Å². The van der Waals surface area contributed by atoms with Crippen LogP contribution in [0, 0.1) is 5.92 Å². The van der Waals surface area contributed by atoms with Gasteiger partial charge < -0.3 is 21.9 Å². The van der Waals surface area contributed by atoms with E-state index in [2.05, 4.69) is 13.8 Å². The van der Waals surface area contributed by atoms with Crippen molar-refractivity contribution in [1.29, 1.82) is 0 Å². The average molecular weight is 503 g/mol. The van der Waals surface area contributed by atoms with Gasteiger partial charge in [0.15, 0.2) is 0 Å². The Kier molecular flexibility index (Phi) is 25.4. The first-order valence-electron chi connectivity index (χ1n) is 14.7. The highest BCUT2D eigenvalue weighted by Gasteiger charge is 2.22. The Morgan fingerprint density at radius 3 is 1.45 bits per heavy atom. The van der Waals surface area contributed by atoms with E-state index in [1.165, 1.54) is 167 Å². The maximum absolute atomic E-state index is 2.31. The molecule has 1 heterocycles. The van der Waals surface area contributed by atoms with Gasteiger partial charge in [-0.1, -0.05) is 129 Å². The smallest absolute Gasteiger partial charge is 0.0799 e. The molecule has 188 valence electrons. The van der Waals surface area contributed by atoms with Gasteiger partial charge in [-0.05, 0) is 32.1 Å². The summed E-state index contributed by atoms with van der Waals surface area (Å²) in [6.45, 7) is 9.04. The maximum Gasteiger partial charge on any atom is 0.0799 e. The van der Waals surface area contributed by atoms with Crippen molar-refractivity contribution >= 4 is 0 Å². The van der Waals surface area contributed by atoms with Crippen molar-refractivity contribution in [3.05, 3.63) is 0 Å². The van der Waals surface area contributed by atoms with Crippen LogP contribution in [-0.2, 0) is 0 Å². The lowest BCUT2D eigenvalue weighted by molar-refractivity contribution is -0.909. The normalized spacial score (nSPS) is 18.8. The molecule has 0 aromatic heterocycles. The SMILES string of the molecule is CCCCCCCCCCCCC1CCC[NH+](CCCCCCCCCCCC)C1.[Br-]. The van der Waals surface area contributed by atoms with Gasteiger partial charge >= 0.3 is 0 Å². The second-order valence-corrected chi connectivity index (χ2v) is 10.6. The van der Waals surface area contributed by atoms with Gasteiger partial charge in [0.05, 0.1) is 19.6 Å². The summed E-state index contributed by atoms with van der Waals surface area (Å²) in [5, 5.41) is 0. The highest BCUT2D eigenvalue weighted by molar-refractivity contribution is 4.62. The largest absolute Gasteiger partial charge is 1.00 e. The number of unbranched alkanes of at least 4 members (excludes halogenated alkanes) is 18. The predicted molar refractivity (Wildman–Crippen MR) is 137 cm³/mol. The number of hydrogen-bond acceptors (Lipinski definition) is 0. The third-order valence-corrected chi connectivity index (χ3v) is 7.57. The summed E-state index contributed by atoms with van der Waals surface area (Å²) in [6, 6.07) is 0. The topological polar surface area (TPSA) is 4.44 Å². The van der Waals surface area contributed by atoms with E-state index in [1.54, 1.807) is 0 Å². The Morgan fingerprint density at radius 1 is 0.548 bits per heavy atom. The molecule has 1 aliphatic heterocycles. The van der Waals surface area contributed by atoms with Gasteiger partial charge in [-0.15, -0.1) is 0 Å². The number of piperidine rings is 1. The number of hydrogen-bond donors (Lipinski definition) is 1. The fourth-order valence-corrected chi connectivity index (χ4v) is 5.51. The van der Waals surface area contributed by atoms with E-state index in [-0.39, 0.29) is 17.0 Å². The Bertz CT molecular complexity index is 303. The molecular formula is C29H60BrN. The zero-order chi connectivity index (χ0) is 21.5. The van der Waals surface area contributed by atoms with Crippen molar-refractivity contribution < 1.29 is 21.9 Å². The molecule has 0 aromatic carbocycles. The van der Waals surface area contributed by atoms with Gasteiger partial charge in [-0.25, -0.2) is 0 Å². The third kappa shape index (κ3) is 20.8. The van der Waals surface area contributed by atoms with E-state index in [4.69, 9.17) is 0 Å². The molecule has 1 fully saturated rings. The summed E-state index contributed by atoms with van der Waals surface area (Å²) >= 11 is 0. The molecule has 0 radical (unpaired) electrons. The minimum Gasteiger partial charge on any atom is -1.00 e. The first-order valence-corrected chi connectivity index (χ1v) is 14.7. The molecule has 2 unspecified atom stereocenters. The second kappa shape index (κ2) is 25.1. The highest BCUT2D eigenvalue weighted by atomic mass is 79.9.